The van der Waals surface area contributed by atoms with Crippen LogP contribution in [0, 0.1) is 6.92 Å². The number of carbonyl (C=O) groups excluding carboxylic acids is 1. The van der Waals surface area contributed by atoms with E-state index in [4.69, 9.17) is 4.98 Å². The van der Waals surface area contributed by atoms with Crippen LogP contribution in [0.15, 0.2) is 60.7 Å². The molecule has 2 heterocycles. The van der Waals surface area contributed by atoms with Crippen LogP contribution in [-0.4, -0.2) is 49.8 Å². The lowest BCUT2D eigenvalue weighted by Gasteiger charge is -2.23. The molecule has 3 aromatic carbocycles. The summed E-state index contributed by atoms with van der Waals surface area (Å²) in [7, 11) is 1.68. The summed E-state index contributed by atoms with van der Waals surface area (Å²) in [6.45, 7) is 7.18. The molecule has 0 aliphatic heterocycles. The molecule has 2 aromatic heterocycles. The number of hydrogen-bond donors (Lipinski definition) is 2. The average molecular weight is 551 g/mol. The van der Waals surface area contributed by atoms with Crippen molar-refractivity contribution in [2.75, 3.05) is 18.5 Å². The van der Waals surface area contributed by atoms with E-state index in [0.29, 0.717) is 12.4 Å². The van der Waals surface area contributed by atoms with Crippen molar-refractivity contribution < 1.29 is 4.79 Å². The number of aromatic amines is 1. The molecule has 0 fully saturated rings. The highest BCUT2D eigenvalue weighted by Crippen LogP contribution is 2.36. The van der Waals surface area contributed by atoms with Crippen molar-refractivity contribution in [3.05, 3.63) is 72.1 Å². The molecule has 0 bridgehead atoms. The van der Waals surface area contributed by atoms with Gasteiger partial charge in [0.05, 0.1) is 16.7 Å². The Morgan fingerprint density at radius 3 is 2.46 bits per heavy atom. The van der Waals surface area contributed by atoms with Crippen LogP contribution in [0.3, 0.4) is 0 Å². The van der Waals surface area contributed by atoms with Gasteiger partial charge in [-0.25, -0.2) is 9.78 Å². The number of unbranched alkanes of at least 4 members (excludes halogenated alkanes) is 3. The summed E-state index contributed by atoms with van der Waals surface area (Å²) >= 11 is 0. The summed E-state index contributed by atoms with van der Waals surface area (Å²) < 4.78 is 2.28. The Morgan fingerprint density at radius 2 is 1.73 bits per heavy atom. The van der Waals surface area contributed by atoms with E-state index in [1.165, 1.54) is 0 Å². The number of rotatable bonds is 11. The van der Waals surface area contributed by atoms with Crippen molar-refractivity contribution >= 4 is 22.8 Å². The van der Waals surface area contributed by atoms with Crippen LogP contribution in [0.5, 0.6) is 0 Å². The van der Waals surface area contributed by atoms with Gasteiger partial charge in [0.15, 0.2) is 0 Å². The summed E-state index contributed by atoms with van der Waals surface area (Å²) in [5.41, 5.74) is 8.01. The first-order valence-electron chi connectivity index (χ1n) is 14.5. The topological polar surface area (TPSA) is 105 Å². The number of aryl methyl sites for hydroxylation is 1. The zero-order valence-corrected chi connectivity index (χ0v) is 24.3. The summed E-state index contributed by atoms with van der Waals surface area (Å²) in [5.74, 6) is 1.58. The Bertz CT molecular complexity index is 1620. The van der Waals surface area contributed by atoms with Crippen LogP contribution in [-0.2, 0) is 6.42 Å². The lowest BCUT2D eigenvalue weighted by molar-refractivity contribution is 0.248. The molecule has 9 heteroatoms. The van der Waals surface area contributed by atoms with Crippen LogP contribution in [0.2, 0.25) is 0 Å². The molecule has 0 aliphatic carbocycles. The predicted octanol–water partition coefficient (Wildman–Crippen LogP) is 6.86. The molecule has 212 valence electrons. The molecule has 5 rings (SSSR count). The predicted molar refractivity (Wildman–Crippen MR) is 164 cm³/mol. The summed E-state index contributed by atoms with van der Waals surface area (Å²) in [5, 5.41) is 17.6. The fraction of sp³-hybridized carbons (Fsp3) is 0.344. The van der Waals surface area contributed by atoms with Crippen molar-refractivity contribution in [3.8, 4) is 28.2 Å². The number of H-pyrrole nitrogens is 1. The van der Waals surface area contributed by atoms with Crippen LogP contribution in [0.4, 0.5) is 10.5 Å². The first-order valence-corrected chi connectivity index (χ1v) is 14.5. The van der Waals surface area contributed by atoms with Gasteiger partial charge in [-0.1, -0.05) is 69.5 Å². The first kappa shape index (κ1) is 28.0. The second-order valence-corrected chi connectivity index (χ2v) is 10.3. The van der Waals surface area contributed by atoms with E-state index in [1.807, 2.05) is 35.2 Å². The third-order valence-electron chi connectivity index (χ3n) is 7.57. The van der Waals surface area contributed by atoms with Crippen molar-refractivity contribution in [2.45, 2.75) is 59.3 Å². The lowest BCUT2D eigenvalue weighted by Crippen LogP contribution is -2.38. The van der Waals surface area contributed by atoms with Gasteiger partial charge in [0.1, 0.15) is 5.82 Å². The van der Waals surface area contributed by atoms with E-state index in [9.17, 15) is 4.79 Å². The molecule has 41 heavy (non-hydrogen) atoms. The Balaban J connectivity index is 1.67. The Morgan fingerprint density at radius 1 is 0.951 bits per heavy atom. The molecule has 0 spiro atoms. The maximum atomic E-state index is 12.9. The van der Waals surface area contributed by atoms with E-state index < -0.39 is 0 Å². The number of hydrogen-bond acceptors (Lipinski definition) is 5. The summed E-state index contributed by atoms with van der Waals surface area (Å²) in [4.78, 5) is 19.8. The van der Waals surface area contributed by atoms with Gasteiger partial charge in [0, 0.05) is 31.3 Å². The van der Waals surface area contributed by atoms with E-state index in [1.54, 1.807) is 7.05 Å². The van der Waals surface area contributed by atoms with Gasteiger partial charge >= 0.3 is 6.03 Å². The quantitative estimate of drug-likeness (QED) is 0.175. The number of urea groups is 1. The maximum Gasteiger partial charge on any atom is 0.321 e. The largest absolute Gasteiger partial charge is 0.341 e. The third-order valence-corrected chi connectivity index (χ3v) is 7.57. The van der Waals surface area contributed by atoms with Crippen LogP contribution >= 0.6 is 0 Å². The van der Waals surface area contributed by atoms with Crippen LogP contribution in [0.25, 0.3) is 39.2 Å². The van der Waals surface area contributed by atoms with Crippen molar-refractivity contribution in [3.63, 3.8) is 0 Å². The number of imidazole rings is 1. The zero-order chi connectivity index (χ0) is 28.8. The summed E-state index contributed by atoms with van der Waals surface area (Å²) in [6.07, 6.45) is 6.10. The van der Waals surface area contributed by atoms with E-state index in [-0.39, 0.29) is 6.03 Å². The molecule has 5 aromatic rings. The molecule has 0 radical (unpaired) electrons. The second kappa shape index (κ2) is 12.8. The first-order chi connectivity index (χ1) is 20.1. The lowest BCUT2D eigenvalue weighted by atomic mass is 9.94. The third kappa shape index (κ3) is 5.70. The van der Waals surface area contributed by atoms with Gasteiger partial charge in [-0.15, -0.1) is 10.2 Å². The van der Waals surface area contributed by atoms with E-state index in [2.05, 4.69) is 81.6 Å². The molecule has 0 atom stereocenters. The standard InChI is InChI=1S/C32H38N8O/c1-5-7-11-20-39(32(41)33-4)23-18-19-27-29(21-23)40(30(34-27)17-8-6-2)28-16-12-15-24(22(28)3)25-13-9-10-14-26(25)31-35-37-38-36-31/h9-10,12-16,18-19,21H,5-8,11,17,20H2,1-4H3,(H,33,41)(H,35,36,37,38). The molecule has 2 N–H and O–H groups in total. The smallest absolute Gasteiger partial charge is 0.321 e. The van der Waals surface area contributed by atoms with Gasteiger partial charge in [-0.05, 0) is 65.9 Å². The van der Waals surface area contributed by atoms with Crippen molar-refractivity contribution in [2.24, 2.45) is 0 Å². The Hall–Kier alpha value is -4.53. The Kier molecular flexibility index (Phi) is 8.72. The van der Waals surface area contributed by atoms with Gasteiger partial charge in [0.2, 0.25) is 5.82 Å². The number of aromatic nitrogens is 6. The normalized spacial score (nSPS) is 11.2. The number of tetrazole rings is 1. The highest BCUT2D eigenvalue weighted by atomic mass is 16.2. The highest BCUT2D eigenvalue weighted by Gasteiger charge is 2.21. The average Bonchev–Trinajstić information content (AvgIpc) is 3.66. The number of benzene rings is 3. The second-order valence-electron chi connectivity index (χ2n) is 10.3. The van der Waals surface area contributed by atoms with Crippen molar-refractivity contribution in [1.82, 2.24) is 35.5 Å². The SMILES string of the molecule is CCCCCN(C(=O)NC)c1ccc2nc(CCCC)n(-c3cccc(-c4ccccc4-c4nn[nH]n4)c3C)c2c1. The molecule has 0 unspecified atom stereocenters. The molecular weight excluding hydrogens is 512 g/mol. The number of nitrogens with one attached hydrogen (secondary N) is 2. The molecular formula is C32H38N8O. The minimum Gasteiger partial charge on any atom is -0.341 e. The summed E-state index contributed by atoms with van der Waals surface area (Å²) in [6, 6.07) is 20.6. The van der Waals surface area contributed by atoms with E-state index >= 15 is 0 Å². The molecule has 0 saturated carbocycles. The monoisotopic (exact) mass is 550 g/mol. The fourth-order valence-electron chi connectivity index (χ4n) is 5.40. The zero-order valence-electron chi connectivity index (χ0n) is 24.3. The highest BCUT2D eigenvalue weighted by molar-refractivity contribution is 5.94. The van der Waals surface area contributed by atoms with Gasteiger partial charge in [-0.3, -0.25) is 9.47 Å². The minimum absolute atomic E-state index is 0.103. The van der Waals surface area contributed by atoms with Gasteiger partial charge in [-0.2, -0.15) is 5.21 Å². The number of carbonyl (C=O) groups is 1. The van der Waals surface area contributed by atoms with Gasteiger partial charge in [0.25, 0.3) is 0 Å². The fourth-order valence-corrected chi connectivity index (χ4v) is 5.40. The molecule has 9 nitrogen and oxygen atoms in total. The molecule has 0 aliphatic rings. The minimum atomic E-state index is -0.103. The molecule has 2 amide bonds. The van der Waals surface area contributed by atoms with E-state index in [0.717, 1.165) is 89.0 Å². The number of nitrogens with zero attached hydrogens (tertiary/aromatic N) is 6. The van der Waals surface area contributed by atoms with Gasteiger partial charge < -0.3 is 5.32 Å². The van der Waals surface area contributed by atoms with Crippen molar-refractivity contribution in [1.29, 1.82) is 0 Å². The van der Waals surface area contributed by atoms with Crippen LogP contribution in [0.1, 0.15) is 57.3 Å². The van der Waals surface area contributed by atoms with Crippen LogP contribution < -0.4 is 10.2 Å². The number of amides is 2. The Labute approximate surface area is 241 Å². The molecule has 0 saturated heterocycles. The number of fused-ring (bicyclic) bond motifs is 1. The number of anilines is 1. The maximum absolute atomic E-state index is 12.9.